The third kappa shape index (κ3) is 3.41. The van der Waals surface area contributed by atoms with Gasteiger partial charge < -0.3 is 14.4 Å². The van der Waals surface area contributed by atoms with Gasteiger partial charge in [0, 0.05) is 17.8 Å². The highest BCUT2D eigenvalue weighted by molar-refractivity contribution is 5.43. The topological polar surface area (TPSA) is 57.3 Å². The molecule has 0 aliphatic carbocycles. The van der Waals surface area contributed by atoms with Crippen molar-refractivity contribution in [2.75, 3.05) is 20.3 Å². The molecule has 0 spiro atoms. The highest BCUT2D eigenvalue weighted by Gasteiger charge is 2.14. The van der Waals surface area contributed by atoms with Crippen molar-refractivity contribution in [1.29, 1.82) is 0 Å². The molecule has 0 saturated carbocycles. The first-order valence-electron chi connectivity index (χ1n) is 8.77. The molecule has 0 fully saturated rings. The Balaban J connectivity index is 1.51. The molecule has 0 bridgehead atoms. The zero-order valence-corrected chi connectivity index (χ0v) is 15.0. The van der Waals surface area contributed by atoms with E-state index in [-0.39, 0.29) is 5.56 Å². The Bertz CT molecular complexity index is 1010. The van der Waals surface area contributed by atoms with Crippen LogP contribution in [-0.4, -0.2) is 29.6 Å². The molecule has 1 N–H and O–H groups in total. The lowest BCUT2D eigenvalue weighted by Gasteiger charge is -2.20. The maximum absolute atomic E-state index is 12.3. The summed E-state index contributed by atoms with van der Waals surface area (Å²) in [4.78, 5) is 18.2. The van der Waals surface area contributed by atoms with Gasteiger partial charge in [-0.05, 0) is 36.8 Å². The summed E-state index contributed by atoms with van der Waals surface area (Å²) in [7, 11) is 2.09. The molecule has 0 radical (unpaired) electrons. The average Bonchev–Trinajstić information content (AvgIpc) is 2.62. The quantitative estimate of drug-likeness (QED) is 0.761. The molecule has 0 saturated heterocycles. The summed E-state index contributed by atoms with van der Waals surface area (Å²) in [6.07, 6.45) is 1.82. The highest BCUT2D eigenvalue weighted by atomic mass is 16.6. The highest BCUT2D eigenvalue weighted by Crippen LogP contribution is 2.30. The molecule has 6 heteroatoms. The number of nitrogens with one attached hydrogen (secondary N) is 1. The molecule has 1 unspecified atom stereocenters. The van der Waals surface area contributed by atoms with Crippen LogP contribution in [0.2, 0.25) is 0 Å². The van der Waals surface area contributed by atoms with Gasteiger partial charge >= 0.3 is 0 Å². The Kier molecular flexibility index (Phi) is 4.34. The fourth-order valence-electron chi connectivity index (χ4n) is 3.27. The molecule has 134 valence electrons. The first kappa shape index (κ1) is 16.6. The molecule has 1 aliphatic rings. The van der Waals surface area contributed by atoms with Crippen LogP contribution < -0.4 is 19.9 Å². The number of hydrogen-bond acceptors (Lipinski definition) is 4. The maximum Gasteiger partial charge on any atom is 0.258 e. The molecule has 26 heavy (non-hydrogen) atoms. The predicted octanol–water partition coefficient (Wildman–Crippen LogP) is 0.989. The second kappa shape index (κ2) is 6.80. The van der Waals surface area contributed by atoms with E-state index in [4.69, 9.17) is 9.47 Å². The number of nitrogens with zero attached hydrogens (tertiary/aromatic N) is 2. The fourth-order valence-corrected chi connectivity index (χ4v) is 3.27. The minimum Gasteiger partial charge on any atom is -0.486 e. The summed E-state index contributed by atoms with van der Waals surface area (Å²) in [5.41, 5.74) is 3.65. The van der Waals surface area contributed by atoms with Gasteiger partial charge in [0.05, 0.1) is 7.05 Å². The smallest absolute Gasteiger partial charge is 0.258 e. The molecule has 1 atom stereocenters. The van der Waals surface area contributed by atoms with Crippen LogP contribution in [0, 0.1) is 6.92 Å². The molecule has 6 nitrogen and oxygen atoms in total. The monoisotopic (exact) mass is 352 g/mol. The third-order valence-corrected chi connectivity index (χ3v) is 4.46. The van der Waals surface area contributed by atoms with Crippen LogP contribution in [-0.2, 0) is 13.1 Å². The van der Waals surface area contributed by atoms with E-state index in [1.165, 1.54) is 10.5 Å². The first-order chi connectivity index (χ1) is 12.6. The summed E-state index contributed by atoms with van der Waals surface area (Å²) in [6, 6.07) is 11.5. The second-order valence-electron chi connectivity index (χ2n) is 6.81. The molecule has 1 aliphatic heterocycles. The standard InChI is InChI=1S/C20H21N3O3/c1-14-3-6-19-21-16(10-20(24)23(19)11-14)13-22(2)12-15-4-5-17-18(9-15)26-8-7-25-17/h3-6,9-11H,7-8,12-13H2,1-2H3/p+1. The molecule has 3 aromatic rings. The van der Waals surface area contributed by atoms with Gasteiger partial charge in [0.25, 0.3) is 5.56 Å². The Morgan fingerprint density at radius 3 is 2.73 bits per heavy atom. The van der Waals surface area contributed by atoms with Crippen molar-refractivity contribution in [3.8, 4) is 11.5 Å². The molecular weight excluding hydrogens is 330 g/mol. The van der Waals surface area contributed by atoms with E-state index in [0.717, 1.165) is 29.3 Å². The van der Waals surface area contributed by atoms with Gasteiger partial charge in [-0.3, -0.25) is 9.20 Å². The van der Waals surface area contributed by atoms with Crippen LogP contribution in [0.3, 0.4) is 0 Å². The van der Waals surface area contributed by atoms with Crippen molar-refractivity contribution in [3.05, 3.63) is 69.8 Å². The number of hydrogen-bond donors (Lipinski definition) is 1. The summed E-state index contributed by atoms with van der Waals surface area (Å²) < 4.78 is 12.8. The van der Waals surface area contributed by atoms with E-state index in [1.54, 1.807) is 10.5 Å². The van der Waals surface area contributed by atoms with Gasteiger partial charge in [-0.25, -0.2) is 4.98 Å². The fraction of sp³-hybridized carbons (Fsp3) is 0.300. The van der Waals surface area contributed by atoms with E-state index >= 15 is 0 Å². The number of benzene rings is 1. The summed E-state index contributed by atoms with van der Waals surface area (Å²) in [5, 5.41) is 0. The van der Waals surface area contributed by atoms with Crippen LogP contribution >= 0.6 is 0 Å². The van der Waals surface area contributed by atoms with E-state index in [9.17, 15) is 4.79 Å². The van der Waals surface area contributed by atoms with Crippen molar-refractivity contribution in [2.45, 2.75) is 20.0 Å². The summed E-state index contributed by atoms with van der Waals surface area (Å²) in [6.45, 7) is 4.63. The van der Waals surface area contributed by atoms with Crippen LogP contribution in [0.1, 0.15) is 16.8 Å². The number of fused-ring (bicyclic) bond motifs is 2. The van der Waals surface area contributed by atoms with Crippen LogP contribution in [0.4, 0.5) is 0 Å². The average molecular weight is 352 g/mol. The third-order valence-electron chi connectivity index (χ3n) is 4.46. The Morgan fingerprint density at radius 1 is 1.08 bits per heavy atom. The molecule has 2 aromatic heterocycles. The lowest BCUT2D eigenvalue weighted by Crippen LogP contribution is -3.06. The number of quaternary nitrogens is 1. The van der Waals surface area contributed by atoms with Crippen LogP contribution in [0.25, 0.3) is 5.65 Å². The maximum atomic E-state index is 12.3. The van der Waals surface area contributed by atoms with E-state index in [0.29, 0.717) is 25.4 Å². The largest absolute Gasteiger partial charge is 0.486 e. The summed E-state index contributed by atoms with van der Waals surface area (Å²) in [5.74, 6) is 1.61. The Hall–Kier alpha value is -2.86. The first-order valence-corrected chi connectivity index (χ1v) is 8.77. The lowest BCUT2D eigenvalue weighted by molar-refractivity contribution is -0.908. The van der Waals surface area contributed by atoms with Crippen molar-refractivity contribution in [1.82, 2.24) is 9.38 Å². The molecule has 0 amide bonds. The molecule has 3 heterocycles. The van der Waals surface area contributed by atoms with Gasteiger partial charge in [-0.2, -0.15) is 0 Å². The zero-order valence-electron chi connectivity index (χ0n) is 15.0. The normalized spacial score (nSPS) is 14.4. The van der Waals surface area contributed by atoms with Crippen LogP contribution in [0.15, 0.2) is 47.4 Å². The molecule has 4 rings (SSSR count). The van der Waals surface area contributed by atoms with Crippen molar-refractivity contribution in [3.63, 3.8) is 0 Å². The van der Waals surface area contributed by atoms with E-state index < -0.39 is 0 Å². The van der Waals surface area contributed by atoms with Crippen molar-refractivity contribution < 1.29 is 14.4 Å². The Morgan fingerprint density at radius 2 is 1.88 bits per heavy atom. The van der Waals surface area contributed by atoms with Gasteiger partial charge in [0.15, 0.2) is 11.5 Å². The van der Waals surface area contributed by atoms with Crippen molar-refractivity contribution in [2.24, 2.45) is 0 Å². The molecular formula is C20H22N3O3+. The van der Waals surface area contributed by atoms with E-state index in [1.807, 2.05) is 37.4 Å². The van der Waals surface area contributed by atoms with Gasteiger partial charge in [0.2, 0.25) is 0 Å². The zero-order chi connectivity index (χ0) is 18.1. The van der Waals surface area contributed by atoms with Gasteiger partial charge in [-0.15, -0.1) is 0 Å². The minimum atomic E-state index is -0.0409. The summed E-state index contributed by atoms with van der Waals surface area (Å²) >= 11 is 0. The number of aryl methyl sites for hydroxylation is 1. The minimum absolute atomic E-state index is 0.0409. The number of pyridine rings is 1. The lowest BCUT2D eigenvalue weighted by atomic mass is 10.2. The number of rotatable bonds is 4. The number of ether oxygens (including phenoxy) is 2. The van der Waals surface area contributed by atoms with Gasteiger partial charge in [0.1, 0.15) is 37.6 Å². The van der Waals surface area contributed by atoms with Crippen LogP contribution in [0.5, 0.6) is 11.5 Å². The Labute approximate surface area is 151 Å². The van der Waals surface area contributed by atoms with Crippen molar-refractivity contribution >= 4 is 5.65 Å². The number of aromatic nitrogens is 2. The predicted molar refractivity (Wildman–Crippen MR) is 97.9 cm³/mol. The van der Waals surface area contributed by atoms with E-state index in [2.05, 4.69) is 18.1 Å². The molecule has 1 aromatic carbocycles. The SMILES string of the molecule is Cc1ccc2nc(C[NH+](C)Cc3ccc4c(c3)OCCO4)cc(=O)n2c1. The van der Waals surface area contributed by atoms with Gasteiger partial charge in [-0.1, -0.05) is 6.07 Å². The second-order valence-corrected chi connectivity index (χ2v) is 6.81.